The van der Waals surface area contributed by atoms with Gasteiger partial charge in [0, 0.05) is 18.9 Å². The van der Waals surface area contributed by atoms with E-state index >= 15 is 0 Å². The zero-order chi connectivity index (χ0) is 13.9. The molecule has 1 aliphatic heterocycles. The van der Waals surface area contributed by atoms with Crippen molar-refractivity contribution >= 4 is 15.7 Å². The molecular formula is C11H17N3O4S. The van der Waals surface area contributed by atoms with Crippen LogP contribution in [-0.4, -0.2) is 42.0 Å². The number of hydrogen-bond donors (Lipinski definition) is 1. The van der Waals surface area contributed by atoms with Crippen molar-refractivity contribution in [2.75, 3.05) is 11.5 Å². The second kappa shape index (κ2) is 5.68. The molecule has 0 spiro atoms. The highest BCUT2D eigenvalue weighted by Crippen LogP contribution is 2.11. The van der Waals surface area contributed by atoms with Gasteiger partial charge in [0.15, 0.2) is 15.7 Å². The van der Waals surface area contributed by atoms with Crippen LogP contribution in [0.2, 0.25) is 0 Å². The van der Waals surface area contributed by atoms with Gasteiger partial charge in [0.25, 0.3) is 0 Å². The Morgan fingerprint density at radius 1 is 1.53 bits per heavy atom. The Balaban J connectivity index is 1.68. The molecule has 0 bridgehead atoms. The lowest BCUT2D eigenvalue weighted by molar-refractivity contribution is -0.121. The highest BCUT2D eigenvalue weighted by atomic mass is 32.2. The van der Waals surface area contributed by atoms with Gasteiger partial charge in [-0.05, 0) is 19.8 Å². The Bertz CT molecular complexity index is 552. The maximum atomic E-state index is 11.6. The predicted octanol–water partition coefficient (Wildman–Crippen LogP) is 0.00402. The number of amides is 1. The summed E-state index contributed by atoms with van der Waals surface area (Å²) in [5.41, 5.74) is 0. The van der Waals surface area contributed by atoms with Crippen molar-refractivity contribution < 1.29 is 17.7 Å². The van der Waals surface area contributed by atoms with Crippen molar-refractivity contribution in [1.29, 1.82) is 0 Å². The van der Waals surface area contributed by atoms with Crippen LogP contribution in [0.25, 0.3) is 0 Å². The number of nitrogens with zero attached hydrogens (tertiary/aromatic N) is 2. The zero-order valence-corrected chi connectivity index (χ0v) is 11.6. The SMILES string of the molecule is Cc1noc(CCCC(=O)N[C@H]2CCS(=O)(=O)C2)n1. The van der Waals surface area contributed by atoms with Crippen LogP contribution in [-0.2, 0) is 21.1 Å². The Morgan fingerprint density at radius 2 is 2.32 bits per heavy atom. The molecule has 0 radical (unpaired) electrons. The van der Waals surface area contributed by atoms with Crippen molar-refractivity contribution in [2.45, 2.75) is 38.6 Å². The summed E-state index contributed by atoms with van der Waals surface area (Å²) in [5, 5.41) is 6.40. The molecule has 0 aromatic carbocycles. The largest absolute Gasteiger partial charge is 0.352 e. The fourth-order valence-corrected chi connectivity index (χ4v) is 3.72. The molecule has 1 amide bonds. The number of nitrogens with one attached hydrogen (secondary N) is 1. The van der Waals surface area contributed by atoms with E-state index in [4.69, 9.17) is 4.52 Å². The standard InChI is InChI=1S/C11H17N3O4S/c1-8-12-11(18-14-8)4-2-3-10(15)13-9-5-6-19(16,17)7-9/h9H,2-7H2,1H3,(H,13,15)/t9-/m0/s1. The van der Waals surface area contributed by atoms with Crippen LogP contribution < -0.4 is 5.32 Å². The molecule has 1 N–H and O–H groups in total. The first-order valence-electron chi connectivity index (χ1n) is 6.23. The average Bonchev–Trinajstić information content (AvgIpc) is 2.85. The zero-order valence-electron chi connectivity index (χ0n) is 10.8. The molecule has 1 saturated heterocycles. The first kappa shape index (κ1) is 14.0. The minimum atomic E-state index is -2.95. The topological polar surface area (TPSA) is 102 Å². The summed E-state index contributed by atoms with van der Waals surface area (Å²) >= 11 is 0. The molecule has 106 valence electrons. The van der Waals surface area contributed by atoms with E-state index in [9.17, 15) is 13.2 Å². The maximum absolute atomic E-state index is 11.6. The lowest BCUT2D eigenvalue weighted by Crippen LogP contribution is -2.35. The van der Waals surface area contributed by atoms with Gasteiger partial charge in [0.1, 0.15) is 0 Å². The lowest BCUT2D eigenvalue weighted by atomic mass is 10.2. The van der Waals surface area contributed by atoms with Gasteiger partial charge >= 0.3 is 0 Å². The molecule has 1 aromatic rings. The van der Waals surface area contributed by atoms with Crippen molar-refractivity contribution in [3.05, 3.63) is 11.7 Å². The molecule has 19 heavy (non-hydrogen) atoms. The fourth-order valence-electron chi connectivity index (χ4n) is 2.05. The first-order valence-corrected chi connectivity index (χ1v) is 8.06. The van der Waals surface area contributed by atoms with Crippen LogP contribution >= 0.6 is 0 Å². The second-order valence-electron chi connectivity index (χ2n) is 4.76. The van der Waals surface area contributed by atoms with Crippen molar-refractivity contribution in [2.24, 2.45) is 0 Å². The lowest BCUT2D eigenvalue weighted by Gasteiger charge is -2.09. The Hall–Kier alpha value is -1.44. The fraction of sp³-hybridized carbons (Fsp3) is 0.727. The van der Waals surface area contributed by atoms with Gasteiger partial charge in [-0.25, -0.2) is 8.42 Å². The third-order valence-electron chi connectivity index (χ3n) is 2.96. The molecule has 0 unspecified atom stereocenters. The molecule has 7 nitrogen and oxygen atoms in total. The van der Waals surface area contributed by atoms with Gasteiger partial charge in [-0.15, -0.1) is 0 Å². The summed E-state index contributed by atoms with van der Waals surface area (Å²) in [7, 11) is -2.95. The summed E-state index contributed by atoms with van der Waals surface area (Å²) in [6.07, 6.45) is 2.00. The summed E-state index contributed by atoms with van der Waals surface area (Å²) in [6.45, 7) is 1.74. The highest BCUT2D eigenvalue weighted by Gasteiger charge is 2.28. The molecule has 0 saturated carbocycles. The van der Waals surface area contributed by atoms with Crippen LogP contribution in [0, 0.1) is 6.92 Å². The number of carbonyl (C=O) groups excluding carboxylic acids is 1. The maximum Gasteiger partial charge on any atom is 0.226 e. The molecule has 2 heterocycles. The van der Waals surface area contributed by atoms with Crippen molar-refractivity contribution in [3.8, 4) is 0 Å². The van der Waals surface area contributed by atoms with Crippen molar-refractivity contribution in [1.82, 2.24) is 15.5 Å². The number of aryl methyl sites for hydroxylation is 2. The van der Waals surface area contributed by atoms with Gasteiger partial charge in [0.2, 0.25) is 11.8 Å². The smallest absolute Gasteiger partial charge is 0.226 e. The number of rotatable bonds is 5. The normalized spacial score (nSPS) is 21.4. The Morgan fingerprint density at radius 3 is 2.89 bits per heavy atom. The second-order valence-corrected chi connectivity index (χ2v) is 6.99. The van der Waals surface area contributed by atoms with Gasteiger partial charge < -0.3 is 9.84 Å². The van der Waals surface area contributed by atoms with Crippen LogP contribution in [0.15, 0.2) is 4.52 Å². The number of aromatic nitrogens is 2. The molecule has 1 aromatic heterocycles. The van der Waals surface area contributed by atoms with E-state index in [0.717, 1.165) is 0 Å². The average molecular weight is 287 g/mol. The quantitative estimate of drug-likeness (QED) is 0.818. The van der Waals surface area contributed by atoms with Gasteiger partial charge in [-0.2, -0.15) is 4.98 Å². The van der Waals surface area contributed by atoms with E-state index in [1.54, 1.807) is 6.92 Å². The molecule has 1 aliphatic rings. The van der Waals surface area contributed by atoms with E-state index < -0.39 is 9.84 Å². The molecule has 1 atom stereocenters. The monoisotopic (exact) mass is 287 g/mol. The summed E-state index contributed by atoms with van der Waals surface area (Å²) in [6, 6.07) is -0.233. The van der Waals surface area contributed by atoms with E-state index in [0.29, 0.717) is 37.4 Å². The van der Waals surface area contributed by atoms with Gasteiger partial charge in [0.05, 0.1) is 11.5 Å². The summed E-state index contributed by atoms with van der Waals surface area (Å²) in [4.78, 5) is 15.7. The minimum absolute atomic E-state index is 0.0571. The van der Waals surface area contributed by atoms with Gasteiger partial charge in [-0.1, -0.05) is 5.16 Å². The number of carbonyl (C=O) groups is 1. The van der Waals surface area contributed by atoms with Crippen LogP contribution in [0.5, 0.6) is 0 Å². The van der Waals surface area contributed by atoms with Crippen LogP contribution in [0.4, 0.5) is 0 Å². The third-order valence-corrected chi connectivity index (χ3v) is 4.73. The van der Waals surface area contributed by atoms with Gasteiger partial charge in [-0.3, -0.25) is 4.79 Å². The molecular weight excluding hydrogens is 270 g/mol. The first-order chi connectivity index (χ1) is 8.94. The van der Waals surface area contributed by atoms with E-state index in [-0.39, 0.29) is 23.5 Å². The molecule has 1 fully saturated rings. The number of hydrogen-bond acceptors (Lipinski definition) is 6. The Labute approximate surface area is 111 Å². The van der Waals surface area contributed by atoms with Crippen molar-refractivity contribution in [3.63, 3.8) is 0 Å². The predicted molar refractivity (Wildman–Crippen MR) is 67.2 cm³/mol. The van der Waals surface area contributed by atoms with Crippen LogP contribution in [0.1, 0.15) is 31.0 Å². The minimum Gasteiger partial charge on any atom is -0.352 e. The highest BCUT2D eigenvalue weighted by molar-refractivity contribution is 7.91. The van der Waals surface area contributed by atoms with E-state index in [1.165, 1.54) is 0 Å². The summed E-state index contributed by atoms with van der Waals surface area (Å²) < 4.78 is 27.4. The van der Waals surface area contributed by atoms with E-state index in [1.807, 2.05) is 0 Å². The third kappa shape index (κ3) is 4.30. The molecule has 0 aliphatic carbocycles. The number of sulfone groups is 1. The Kier molecular flexibility index (Phi) is 4.18. The van der Waals surface area contributed by atoms with Crippen LogP contribution in [0.3, 0.4) is 0 Å². The molecule has 8 heteroatoms. The van der Waals surface area contributed by atoms with E-state index in [2.05, 4.69) is 15.5 Å². The summed E-state index contributed by atoms with van der Waals surface area (Å²) in [5.74, 6) is 1.20. The molecule has 2 rings (SSSR count).